The summed E-state index contributed by atoms with van der Waals surface area (Å²) in [5.74, 6) is 3.63. The maximum Gasteiger partial charge on any atom is 0.392 e. The molecule has 1 heterocycles. The summed E-state index contributed by atoms with van der Waals surface area (Å²) in [7, 11) is 1.74. The number of aromatic nitrogens is 2. The Morgan fingerprint density at radius 2 is 2.11 bits per heavy atom. The quantitative estimate of drug-likeness (QED) is 0.658. The van der Waals surface area contributed by atoms with E-state index in [0.717, 1.165) is 6.42 Å². The molecule has 0 aliphatic heterocycles. The molecule has 1 aliphatic carbocycles. The summed E-state index contributed by atoms with van der Waals surface area (Å²) in [6.07, 6.45) is -0.322. The normalized spacial score (nSPS) is 26.4. The number of alkyl halides is 3. The minimum atomic E-state index is -4.17. The van der Waals surface area contributed by atoms with E-state index in [1.54, 1.807) is 24.0 Å². The lowest BCUT2D eigenvalue weighted by atomic mass is 9.74. The zero-order valence-electron chi connectivity index (χ0n) is 10.8. The summed E-state index contributed by atoms with van der Waals surface area (Å²) in [6, 6.07) is 1.17. The molecule has 1 aliphatic rings. The van der Waals surface area contributed by atoms with E-state index in [1.165, 1.54) is 0 Å². The molecule has 19 heavy (non-hydrogen) atoms. The van der Waals surface area contributed by atoms with Crippen LogP contribution in [-0.2, 0) is 7.05 Å². The van der Waals surface area contributed by atoms with Crippen molar-refractivity contribution in [2.45, 2.75) is 37.9 Å². The topological polar surface area (TPSA) is 55.9 Å². The average Bonchev–Trinajstić information content (AvgIpc) is 2.76. The van der Waals surface area contributed by atoms with E-state index < -0.39 is 24.1 Å². The van der Waals surface area contributed by atoms with Gasteiger partial charge < -0.3 is 0 Å². The van der Waals surface area contributed by atoms with Crippen LogP contribution in [0.15, 0.2) is 12.3 Å². The number of halogens is 3. The third-order valence-corrected chi connectivity index (χ3v) is 3.90. The van der Waals surface area contributed by atoms with Gasteiger partial charge in [0.15, 0.2) is 0 Å². The van der Waals surface area contributed by atoms with Crippen molar-refractivity contribution in [3.05, 3.63) is 18.0 Å². The molecule has 0 amide bonds. The minimum absolute atomic E-state index is 0.180. The number of hydrazine groups is 1. The summed E-state index contributed by atoms with van der Waals surface area (Å²) < 4.78 is 40.9. The SMILES string of the molecule is Cn1ccc(C(NN)C2CCCCC2C(F)(F)F)n1. The van der Waals surface area contributed by atoms with Crippen molar-refractivity contribution in [3.63, 3.8) is 0 Å². The summed E-state index contributed by atoms with van der Waals surface area (Å²) in [4.78, 5) is 0. The molecule has 7 heteroatoms. The second-order valence-corrected chi connectivity index (χ2v) is 5.16. The second kappa shape index (κ2) is 5.50. The van der Waals surface area contributed by atoms with Gasteiger partial charge in [0.2, 0.25) is 0 Å². The van der Waals surface area contributed by atoms with Crippen molar-refractivity contribution in [1.29, 1.82) is 0 Å². The first-order valence-electron chi connectivity index (χ1n) is 6.46. The van der Waals surface area contributed by atoms with Gasteiger partial charge in [0, 0.05) is 13.2 Å². The molecule has 3 unspecified atom stereocenters. The first-order valence-corrected chi connectivity index (χ1v) is 6.46. The van der Waals surface area contributed by atoms with E-state index in [-0.39, 0.29) is 6.42 Å². The summed E-state index contributed by atoms with van der Waals surface area (Å²) in [6.45, 7) is 0. The van der Waals surface area contributed by atoms with Gasteiger partial charge in [-0.15, -0.1) is 0 Å². The summed E-state index contributed by atoms with van der Waals surface area (Å²) >= 11 is 0. The molecule has 108 valence electrons. The van der Waals surface area contributed by atoms with Gasteiger partial charge >= 0.3 is 6.18 Å². The first-order chi connectivity index (χ1) is 8.93. The largest absolute Gasteiger partial charge is 0.392 e. The van der Waals surface area contributed by atoms with Crippen LogP contribution < -0.4 is 11.3 Å². The number of nitrogens with zero attached hydrogens (tertiary/aromatic N) is 2. The van der Waals surface area contributed by atoms with Gasteiger partial charge in [0.05, 0.1) is 17.7 Å². The number of nitrogens with two attached hydrogens (primary N) is 1. The summed E-state index contributed by atoms with van der Waals surface area (Å²) in [5.41, 5.74) is 3.10. The van der Waals surface area contributed by atoms with E-state index in [9.17, 15) is 13.2 Å². The lowest BCUT2D eigenvalue weighted by molar-refractivity contribution is -0.199. The molecule has 3 N–H and O–H groups in total. The average molecular weight is 276 g/mol. The monoisotopic (exact) mass is 276 g/mol. The Morgan fingerprint density at radius 3 is 2.63 bits per heavy atom. The molecule has 1 aromatic heterocycles. The van der Waals surface area contributed by atoms with Crippen LogP contribution in [0.1, 0.15) is 37.4 Å². The van der Waals surface area contributed by atoms with E-state index in [2.05, 4.69) is 10.5 Å². The van der Waals surface area contributed by atoms with Crippen LogP contribution in [0.4, 0.5) is 13.2 Å². The zero-order valence-corrected chi connectivity index (χ0v) is 10.8. The van der Waals surface area contributed by atoms with Gasteiger partial charge in [-0.1, -0.05) is 12.8 Å². The van der Waals surface area contributed by atoms with Crippen LogP contribution in [0.5, 0.6) is 0 Å². The molecule has 1 fully saturated rings. The third kappa shape index (κ3) is 3.09. The van der Waals surface area contributed by atoms with Crippen molar-refractivity contribution >= 4 is 0 Å². The molecular formula is C12H19F3N4. The Morgan fingerprint density at radius 1 is 1.42 bits per heavy atom. The third-order valence-electron chi connectivity index (χ3n) is 3.90. The molecule has 1 aromatic rings. The molecule has 1 saturated carbocycles. The molecule has 0 radical (unpaired) electrons. The van der Waals surface area contributed by atoms with Gasteiger partial charge in [0.1, 0.15) is 0 Å². The number of hydrogen-bond donors (Lipinski definition) is 2. The minimum Gasteiger partial charge on any atom is -0.275 e. The van der Waals surface area contributed by atoms with Crippen LogP contribution in [0, 0.1) is 11.8 Å². The number of hydrogen-bond acceptors (Lipinski definition) is 3. The van der Waals surface area contributed by atoms with Gasteiger partial charge in [-0.2, -0.15) is 18.3 Å². The van der Waals surface area contributed by atoms with E-state index >= 15 is 0 Å². The van der Waals surface area contributed by atoms with Crippen LogP contribution in [-0.4, -0.2) is 16.0 Å². The van der Waals surface area contributed by atoms with Crippen molar-refractivity contribution in [2.75, 3.05) is 0 Å². The highest BCUT2D eigenvalue weighted by atomic mass is 19.4. The molecule has 0 spiro atoms. The molecule has 0 bridgehead atoms. The Labute approximate surface area is 110 Å². The van der Waals surface area contributed by atoms with Crippen LogP contribution in [0.2, 0.25) is 0 Å². The fourth-order valence-corrected chi connectivity index (χ4v) is 2.99. The Bertz CT molecular complexity index is 415. The molecule has 0 saturated heterocycles. The van der Waals surface area contributed by atoms with Gasteiger partial charge in [-0.3, -0.25) is 16.0 Å². The highest BCUT2D eigenvalue weighted by molar-refractivity contribution is 5.08. The maximum absolute atomic E-state index is 13.1. The maximum atomic E-state index is 13.1. The van der Waals surface area contributed by atoms with Crippen LogP contribution in [0.25, 0.3) is 0 Å². The lowest BCUT2D eigenvalue weighted by Gasteiger charge is -2.37. The van der Waals surface area contributed by atoms with E-state index in [4.69, 9.17) is 5.84 Å². The smallest absolute Gasteiger partial charge is 0.275 e. The molecule has 4 nitrogen and oxygen atoms in total. The number of nitrogens with one attached hydrogen (secondary N) is 1. The van der Waals surface area contributed by atoms with Crippen molar-refractivity contribution in [1.82, 2.24) is 15.2 Å². The lowest BCUT2D eigenvalue weighted by Crippen LogP contribution is -2.43. The Kier molecular flexibility index (Phi) is 4.15. The van der Waals surface area contributed by atoms with Gasteiger partial charge in [0.25, 0.3) is 0 Å². The van der Waals surface area contributed by atoms with Gasteiger partial charge in [-0.25, -0.2) is 0 Å². The fourth-order valence-electron chi connectivity index (χ4n) is 2.99. The van der Waals surface area contributed by atoms with E-state index in [1.807, 2.05) is 0 Å². The number of aryl methyl sites for hydroxylation is 1. The predicted molar refractivity (Wildman–Crippen MR) is 64.8 cm³/mol. The van der Waals surface area contributed by atoms with Crippen LogP contribution in [0.3, 0.4) is 0 Å². The highest BCUT2D eigenvalue weighted by Gasteiger charge is 2.48. The molecular weight excluding hydrogens is 257 g/mol. The molecule has 2 rings (SSSR count). The van der Waals surface area contributed by atoms with Crippen LogP contribution >= 0.6 is 0 Å². The highest BCUT2D eigenvalue weighted by Crippen LogP contribution is 2.46. The second-order valence-electron chi connectivity index (χ2n) is 5.16. The van der Waals surface area contributed by atoms with Crippen molar-refractivity contribution in [2.24, 2.45) is 24.7 Å². The predicted octanol–water partition coefficient (Wildman–Crippen LogP) is 2.29. The fraction of sp³-hybridized carbons (Fsp3) is 0.750. The molecule has 0 aromatic carbocycles. The van der Waals surface area contributed by atoms with Gasteiger partial charge in [-0.05, 0) is 24.8 Å². The first kappa shape index (κ1) is 14.3. The Hall–Kier alpha value is -1.08. The zero-order chi connectivity index (χ0) is 14.0. The Balaban J connectivity index is 2.24. The van der Waals surface area contributed by atoms with E-state index in [0.29, 0.717) is 18.5 Å². The van der Waals surface area contributed by atoms with Crippen molar-refractivity contribution in [3.8, 4) is 0 Å². The standard InChI is InChI=1S/C12H19F3N4/c1-19-7-6-10(18-19)11(17-16)8-4-2-3-5-9(8)12(13,14)15/h6-9,11,17H,2-5,16H2,1H3. The molecule has 3 atom stereocenters. The number of rotatable bonds is 3. The van der Waals surface area contributed by atoms with Crippen molar-refractivity contribution < 1.29 is 13.2 Å². The summed E-state index contributed by atoms with van der Waals surface area (Å²) in [5, 5.41) is 4.18.